The highest BCUT2D eigenvalue weighted by Crippen LogP contribution is 2.37. The fourth-order valence-electron chi connectivity index (χ4n) is 3.47. The molecule has 152 valence electrons. The molecule has 1 aliphatic heterocycles. The van der Waals surface area contributed by atoms with Gasteiger partial charge in [-0.2, -0.15) is 5.10 Å². The summed E-state index contributed by atoms with van der Waals surface area (Å²) in [6, 6.07) is 4.17. The third-order valence-electron chi connectivity index (χ3n) is 4.81. The number of H-pyrrole nitrogens is 1. The molecule has 11 heteroatoms. The monoisotopic (exact) mass is 501 g/mol. The van der Waals surface area contributed by atoms with Crippen LogP contribution in [0.15, 0.2) is 33.8 Å². The van der Waals surface area contributed by atoms with Crippen LogP contribution in [0.3, 0.4) is 0 Å². The van der Waals surface area contributed by atoms with Crippen LogP contribution in [0.2, 0.25) is 10.0 Å². The predicted octanol–water partition coefficient (Wildman–Crippen LogP) is 3.93. The smallest absolute Gasteiger partial charge is 0.285 e. The number of hydrogen-bond acceptors (Lipinski definition) is 5. The van der Waals surface area contributed by atoms with Crippen molar-refractivity contribution in [1.29, 1.82) is 0 Å². The third-order valence-corrected chi connectivity index (χ3v) is 6.10. The molecular formula is C18H15BrCl2FN5O2. The maximum Gasteiger partial charge on any atom is 0.285 e. The molecule has 1 atom stereocenters. The molecule has 29 heavy (non-hydrogen) atoms. The van der Waals surface area contributed by atoms with Crippen molar-refractivity contribution in [1.82, 2.24) is 19.7 Å². The minimum atomic E-state index is -0.606. The average molecular weight is 503 g/mol. The van der Waals surface area contributed by atoms with Crippen molar-refractivity contribution in [3.8, 4) is 0 Å². The predicted molar refractivity (Wildman–Crippen MR) is 111 cm³/mol. The Labute approximate surface area is 183 Å². The van der Waals surface area contributed by atoms with E-state index in [1.54, 1.807) is 0 Å². The Morgan fingerprint density at radius 3 is 2.90 bits per heavy atom. The van der Waals surface area contributed by atoms with Crippen LogP contribution in [0.1, 0.15) is 23.2 Å². The quantitative estimate of drug-likeness (QED) is 0.585. The molecule has 1 N–H and O–H groups in total. The van der Waals surface area contributed by atoms with E-state index in [0.29, 0.717) is 40.5 Å². The number of nitrogens with zero attached hydrogens (tertiary/aromatic N) is 4. The number of ether oxygens (including phenoxy) is 1. The Bertz CT molecular complexity index is 1140. The van der Waals surface area contributed by atoms with Gasteiger partial charge in [0.1, 0.15) is 27.4 Å². The van der Waals surface area contributed by atoms with Crippen LogP contribution in [0.5, 0.6) is 0 Å². The lowest BCUT2D eigenvalue weighted by atomic mass is 10.1. The number of benzene rings is 1. The third kappa shape index (κ3) is 3.68. The van der Waals surface area contributed by atoms with Crippen molar-refractivity contribution in [2.24, 2.45) is 0 Å². The summed E-state index contributed by atoms with van der Waals surface area (Å²) in [5.41, 5.74) is 1.35. The number of aromatic amines is 1. The molecule has 0 fully saturated rings. The second-order valence-electron chi connectivity index (χ2n) is 6.46. The zero-order chi connectivity index (χ0) is 20.7. The highest BCUT2D eigenvalue weighted by atomic mass is 79.9. The van der Waals surface area contributed by atoms with Crippen LogP contribution in [-0.2, 0) is 17.8 Å². The van der Waals surface area contributed by atoms with E-state index >= 15 is 0 Å². The van der Waals surface area contributed by atoms with Crippen LogP contribution >= 0.6 is 39.1 Å². The number of rotatable bonds is 4. The van der Waals surface area contributed by atoms with E-state index in [1.807, 2.05) is 9.47 Å². The van der Waals surface area contributed by atoms with Gasteiger partial charge in [-0.15, -0.1) is 0 Å². The Hall–Kier alpha value is -1.94. The van der Waals surface area contributed by atoms with Crippen molar-refractivity contribution in [2.75, 3.05) is 18.6 Å². The molecule has 0 bridgehead atoms. The first-order valence-corrected chi connectivity index (χ1v) is 10.2. The minimum Gasteiger partial charge on any atom is -0.370 e. The van der Waals surface area contributed by atoms with Gasteiger partial charge in [0.05, 0.1) is 24.1 Å². The summed E-state index contributed by atoms with van der Waals surface area (Å²) in [7, 11) is 1.54. The number of imidazole rings is 1. The van der Waals surface area contributed by atoms with Crippen molar-refractivity contribution in [3.63, 3.8) is 0 Å². The van der Waals surface area contributed by atoms with Gasteiger partial charge in [0.15, 0.2) is 0 Å². The van der Waals surface area contributed by atoms with Gasteiger partial charge >= 0.3 is 0 Å². The van der Waals surface area contributed by atoms with Gasteiger partial charge < -0.3 is 14.2 Å². The molecule has 0 spiro atoms. The second-order valence-corrected chi connectivity index (χ2v) is 7.99. The van der Waals surface area contributed by atoms with E-state index in [4.69, 9.17) is 27.9 Å². The van der Waals surface area contributed by atoms with E-state index < -0.39 is 17.5 Å². The van der Waals surface area contributed by atoms with E-state index in [-0.39, 0.29) is 5.02 Å². The lowest BCUT2D eigenvalue weighted by molar-refractivity contribution is 0.128. The van der Waals surface area contributed by atoms with Crippen molar-refractivity contribution >= 4 is 44.8 Å². The molecular weight excluding hydrogens is 488 g/mol. The highest BCUT2D eigenvalue weighted by molar-refractivity contribution is 9.10. The Morgan fingerprint density at radius 1 is 1.34 bits per heavy atom. The van der Waals surface area contributed by atoms with E-state index in [9.17, 15) is 9.18 Å². The van der Waals surface area contributed by atoms with Gasteiger partial charge in [-0.1, -0.05) is 23.2 Å². The first kappa shape index (κ1) is 20.3. The zero-order valence-corrected chi connectivity index (χ0v) is 18.2. The molecule has 2 aromatic heterocycles. The lowest BCUT2D eigenvalue weighted by Crippen LogP contribution is -2.35. The number of halogens is 4. The van der Waals surface area contributed by atoms with Gasteiger partial charge in [-0.3, -0.25) is 4.79 Å². The van der Waals surface area contributed by atoms with Gasteiger partial charge in [-0.05, 0) is 34.1 Å². The maximum atomic E-state index is 13.8. The lowest BCUT2D eigenvalue weighted by Gasteiger charge is -2.31. The fourth-order valence-corrected chi connectivity index (χ4v) is 4.53. The topological polar surface area (TPSA) is 76.0 Å². The number of anilines is 1. The first-order chi connectivity index (χ1) is 13.9. The summed E-state index contributed by atoms with van der Waals surface area (Å²) in [5, 5.41) is 6.62. The summed E-state index contributed by atoms with van der Waals surface area (Å²) >= 11 is 15.9. The molecule has 7 nitrogen and oxygen atoms in total. The van der Waals surface area contributed by atoms with E-state index in [1.165, 1.54) is 31.5 Å². The molecule has 1 unspecified atom stereocenters. The maximum absolute atomic E-state index is 13.8. The van der Waals surface area contributed by atoms with Gasteiger partial charge in [0.2, 0.25) is 0 Å². The number of hydrogen-bond donors (Lipinski definition) is 1. The normalized spacial score (nSPS) is 14.7. The largest absolute Gasteiger partial charge is 0.370 e. The van der Waals surface area contributed by atoms with E-state index in [2.05, 4.69) is 31.1 Å². The van der Waals surface area contributed by atoms with Gasteiger partial charge in [0, 0.05) is 30.8 Å². The van der Waals surface area contributed by atoms with Crippen molar-refractivity contribution in [2.45, 2.75) is 19.2 Å². The Balaban J connectivity index is 1.73. The molecule has 3 heterocycles. The second kappa shape index (κ2) is 8.06. The molecule has 0 aliphatic carbocycles. The molecule has 1 aromatic carbocycles. The molecule has 3 aromatic rings. The average Bonchev–Trinajstić information content (AvgIpc) is 3.02. The summed E-state index contributed by atoms with van der Waals surface area (Å²) < 4.78 is 22.1. The van der Waals surface area contributed by atoms with Crippen LogP contribution < -0.4 is 10.5 Å². The summed E-state index contributed by atoms with van der Waals surface area (Å²) in [6.07, 6.45) is 0.910. The Morgan fingerprint density at radius 2 is 2.14 bits per heavy atom. The highest BCUT2D eigenvalue weighted by Gasteiger charge is 2.30. The molecule has 1 aliphatic rings. The van der Waals surface area contributed by atoms with Crippen LogP contribution in [0.4, 0.5) is 10.1 Å². The number of methoxy groups -OCH3 is 1. The standard InChI is InChI=1S/C18H15BrCl2FN5O2/c1-29-16(10-6-9(22)2-3-11(10)20)15-17(19)24-13-8-26(4-5-27(13)15)12-7-23-25-18(28)14(12)21/h2-3,6-7,16H,4-5,8H2,1H3,(H,25,28). The van der Waals surface area contributed by atoms with Crippen LogP contribution in [-0.4, -0.2) is 33.4 Å². The van der Waals surface area contributed by atoms with Crippen LogP contribution in [0.25, 0.3) is 0 Å². The van der Waals surface area contributed by atoms with Crippen LogP contribution in [0, 0.1) is 5.82 Å². The molecule has 4 rings (SSSR count). The first-order valence-electron chi connectivity index (χ1n) is 8.61. The number of nitrogens with one attached hydrogen (secondary N) is 1. The molecule has 0 amide bonds. The van der Waals surface area contributed by atoms with Crippen molar-refractivity contribution in [3.05, 3.63) is 72.3 Å². The molecule has 0 radical (unpaired) electrons. The zero-order valence-electron chi connectivity index (χ0n) is 15.1. The summed E-state index contributed by atoms with van der Waals surface area (Å²) in [4.78, 5) is 18.3. The van der Waals surface area contributed by atoms with E-state index in [0.717, 1.165) is 11.5 Å². The SMILES string of the molecule is COC(c1cc(F)ccc1Cl)c1c(Br)nc2n1CCN(c1cn[nH]c(=O)c1Cl)C2. The minimum absolute atomic E-state index is 0.0839. The fraction of sp³-hybridized carbons (Fsp3) is 0.278. The molecule has 0 saturated heterocycles. The summed E-state index contributed by atoms with van der Waals surface area (Å²) in [6.45, 7) is 1.54. The number of aromatic nitrogens is 4. The van der Waals surface area contributed by atoms with Crippen molar-refractivity contribution < 1.29 is 9.13 Å². The molecule has 0 saturated carbocycles. The summed E-state index contributed by atoms with van der Waals surface area (Å²) in [5.74, 6) is 0.340. The Kier molecular flexibility index (Phi) is 5.65. The number of fused-ring (bicyclic) bond motifs is 1. The van der Waals surface area contributed by atoms with Gasteiger partial charge in [0.25, 0.3) is 5.56 Å². The van der Waals surface area contributed by atoms with Gasteiger partial charge in [-0.25, -0.2) is 14.5 Å².